The van der Waals surface area contributed by atoms with E-state index in [0.717, 1.165) is 16.9 Å². The first kappa shape index (κ1) is 15.9. The first-order valence-corrected chi connectivity index (χ1v) is 8.22. The third-order valence-corrected chi connectivity index (χ3v) is 4.00. The van der Waals surface area contributed by atoms with Crippen LogP contribution >= 0.6 is 0 Å². The van der Waals surface area contributed by atoms with Crippen molar-refractivity contribution >= 4 is 9.84 Å². The molecule has 0 bridgehead atoms. The second-order valence-corrected chi connectivity index (χ2v) is 7.00. The molecule has 6 heteroatoms. The van der Waals surface area contributed by atoms with Crippen LogP contribution in [0, 0.1) is 6.92 Å². The van der Waals surface area contributed by atoms with Crippen LogP contribution in [0.1, 0.15) is 30.0 Å². The first-order valence-electron chi connectivity index (χ1n) is 6.15. The largest absolute Gasteiger partial charge is 0.496 e. The van der Waals surface area contributed by atoms with Crippen molar-refractivity contribution in [2.24, 2.45) is 5.84 Å². The minimum atomic E-state index is -2.93. The van der Waals surface area contributed by atoms with Gasteiger partial charge in [0.1, 0.15) is 15.6 Å². The molecular formula is C13H22N2O3S. The summed E-state index contributed by atoms with van der Waals surface area (Å²) < 4.78 is 27.6. The van der Waals surface area contributed by atoms with Crippen LogP contribution in [-0.4, -0.2) is 27.5 Å². The molecule has 0 aliphatic heterocycles. The Hall–Kier alpha value is -1.11. The maximum absolute atomic E-state index is 11.1. The molecule has 0 saturated heterocycles. The van der Waals surface area contributed by atoms with Gasteiger partial charge in [0, 0.05) is 23.6 Å². The number of nitrogens with one attached hydrogen (secondary N) is 1. The highest BCUT2D eigenvalue weighted by Crippen LogP contribution is 2.28. The minimum absolute atomic E-state index is 0.114. The van der Waals surface area contributed by atoms with Gasteiger partial charge < -0.3 is 4.74 Å². The molecule has 1 atom stereocenters. The number of methoxy groups -OCH3 is 1. The molecule has 3 N–H and O–H groups in total. The van der Waals surface area contributed by atoms with Crippen molar-refractivity contribution in [3.05, 3.63) is 29.3 Å². The summed E-state index contributed by atoms with van der Waals surface area (Å²) in [5.74, 6) is 6.50. The Morgan fingerprint density at radius 1 is 1.42 bits per heavy atom. The van der Waals surface area contributed by atoms with Gasteiger partial charge in [-0.15, -0.1) is 0 Å². The monoisotopic (exact) mass is 286 g/mol. The number of benzene rings is 1. The molecule has 1 aromatic carbocycles. The van der Waals surface area contributed by atoms with E-state index in [1.165, 1.54) is 6.26 Å². The standard InChI is InChI=1S/C13H22N2O3S/c1-10-6-7-13(18-2)11(9-10)12(15-14)5-4-8-19(3,16)17/h6-7,9,12,15H,4-5,8,14H2,1-3H3. The van der Waals surface area contributed by atoms with E-state index in [4.69, 9.17) is 10.6 Å². The Morgan fingerprint density at radius 3 is 2.63 bits per heavy atom. The Balaban J connectivity index is 2.82. The van der Waals surface area contributed by atoms with Crippen molar-refractivity contribution in [3.63, 3.8) is 0 Å². The molecule has 0 radical (unpaired) electrons. The van der Waals surface area contributed by atoms with Crippen molar-refractivity contribution in [2.75, 3.05) is 19.1 Å². The molecule has 1 unspecified atom stereocenters. The van der Waals surface area contributed by atoms with Crippen LogP contribution in [0.3, 0.4) is 0 Å². The number of hydrogen-bond acceptors (Lipinski definition) is 5. The lowest BCUT2D eigenvalue weighted by atomic mass is 10.00. The second-order valence-electron chi connectivity index (χ2n) is 4.74. The maximum Gasteiger partial charge on any atom is 0.147 e. The number of sulfone groups is 1. The zero-order valence-corrected chi connectivity index (χ0v) is 12.5. The van der Waals surface area contributed by atoms with Crippen LogP contribution in [0.25, 0.3) is 0 Å². The molecule has 0 aliphatic carbocycles. The smallest absolute Gasteiger partial charge is 0.147 e. The summed E-state index contributed by atoms with van der Waals surface area (Å²) >= 11 is 0. The van der Waals surface area contributed by atoms with Gasteiger partial charge in [-0.1, -0.05) is 17.7 Å². The van der Waals surface area contributed by atoms with Gasteiger partial charge in [0.05, 0.1) is 7.11 Å². The Morgan fingerprint density at radius 2 is 2.11 bits per heavy atom. The van der Waals surface area contributed by atoms with E-state index in [9.17, 15) is 8.42 Å². The fraction of sp³-hybridized carbons (Fsp3) is 0.538. The number of hydrazine groups is 1. The molecule has 19 heavy (non-hydrogen) atoms. The number of rotatable bonds is 7. The van der Waals surface area contributed by atoms with E-state index in [0.29, 0.717) is 12.8 Å². The van der Waals surface area contributed by atoms with Crippen molar-refractivity contribution < 1.29 is 13.2 Å². The van der Waals surface area contributed by atoms with Gasteiger partial charge in [-0.05, 0) is 25.8 Å². The molecule has 0 aromatic heterocycles. The van der Waals surface area contributed by atoms with Gasteiger partial charge in [-0.3, -0.25) is 11.3 Å². The highest BCUT2D eigenvalue weighted by molar-refractivity contribution is 7.90. The normalized spacial score (nSPS) is 13.3. The number of hydrogen-bond donors (Lipinski definition) is 2. The summed E-state index contributed by atoms with van der Waals surface area (Å²) in [6.45, 7) is 1.99. The van der Waals surface area contributed by atoms with Gasteiger partial charge in [0.2, 0.25) is 0 Å². The lowest BCUT2D eigenvalue weighted by Gasteiger charge is -2.19. The molecule has 108 valence electrons. The van der Waals surface area contributed by atoms with E-state index >= 15 is 0 Å². The van der Waals surface area contributed by atoms with Crippen LogP contribution in [0.4, 0.5) is 0 Å². The van der Waals surface area contributed by atoms with Gasteiger partial charge in [0.15, 0.2) is 0 Å². The highest BCUT2D eigenvalue weighted by atomic mass is 32.2. The van der Waals surface area contributed by atoms with E-state index in [2.05, 4.69) is 5.43 Å². The molecule has 0 amide bonds. The van der Waals surface area contributed by atoms with Gasteiger partial charge in [-0.2, -0.15) is 0 Å². The predicted molar refractivity (Wildman–Crippen MR) is 76.7 cm³/mol. The number of aryl methyl sites for hydroxylation is 1. The van der Waals surface area contributed by atoms with Crippen LogP contribution in [0.15, 0.2) is 18.2 Å². The third-order valence-electron chi connectivity index (χ3n) is 2.97. The van der Waals surface area contributed by atoms with E-state index in [1.54, 1.807) is 7.11 Å². The molecule has 0 spiro atoms. The van der Waals surface area contributed by atoms with E-state index in [-0.39, 0.29) is 11.8 Å². The number of ether oxygens (including phenoxy) is 1. The van der Waals surface area contributed by atoms with Gasteiger partial charge in [0.25, 0.3) is 0 Å². The van der Waals surface area contributed by atoms with Gasteiger partial charge >= 0.3 is 0 Å². The zero-order chi connectivity index (χ0) is 14.5. The predicted octanol–water partition coefficient (Wildman–Crippen LogP) is 1.33. The molecule has 0 heterocycles. The van der Waals surface area contributed by atoms with E-state index < -0.39 is 9.84 Å². The Bertz CT molecular complexity index is 515. The topological polar surface area (TPSA) is 81.4 Å². The third kappa shape index (κ3) is 5.18. The van der Waals surface area contributed by atoms with Crippen LogP contribution in [-0.2, 0) is 9.84 Å². The fourth-order valence-corrected chi connectivity index (χ4v) is 2.70. The summed E-state index contributed by atoms with van der Waals surface area (Å²) in [5.41, 5.74) is 4.80. The van der Waals surface area contributed by atoms with Crippen LogP contribution in [0.2, 0.25) is 0 Å². The lowest BCUT2D eigenvalue weighted by molar-refractivity contribution is 0.395. The molecular weight excluding hydrogens is 264 g/mol. The molecule has 0 aliphatic rings. The first-order chi connectivity index (χ1) is 8.87. The Kier molecular flexibility index (Phi) is 5.78. The minimum Gasteiger partial charge on any atom is -0.496 e. The quantitative estimate of drug-likeness (QED) is 0.584. The molecule has 5 nitrogen and oxygen atoms in total. The van der Waals surface area contributed by atoms with Crippen molar-refractivity contribution in [2.45, 2.75) is 25.8 Å². The second kappa shape index (κ2) is 6.88. The summed E-state index contributed by atoms with van der Waals surface area (Å²) in [7, 11) is -1.32. The zero-order valence-electron chi connectivity index (χ0n) is 11.6. The summed E-state index contributed by atoms with van der Waals surface area (Å²) in [4.78, 5) is 0. The maximum atomic E-state index is 11.1. The molecule has 1 aromatic rings. The van der Waals surface area contributed by atoms with Crippen molar-refractivity contribution in [1.29, 1.82) is 0 Å². The summed E-state index contributed by atoms with van der Waals surface area (Å²) in [6, 6.07) is 5.75. The van der Waals surface area contributed by atoms with Crippen LogP contribution < -0.4 is 16.0 Å². The fourth-order valence-electron chi connectivity index (χ4n) is 2.00. The summed E-state index contributed by atoms with van der Waals surface area (Å²) in [5, 5.41) is 0. The molecule has 0 fully saturated rings. The van der Waals surface area contributed by atoms with Crippen LogP contribution in [0.5, 0.6) is 5.75 Å². The SMILES string of the molecule is COc1ccc(C)cc1C(CCCS(C)(=O)=O)NN. The van der Waals surface area contributed by atoms with Crippen molar-refractivity contribution in [3.8, 4) is 5.75 Å². The summed E-state index contributed by atoms with van der Waals surface area (Å²) in [6.07, 6.45) is 2.44. The highest BCUT2D eigenvalue weighted by Gasteiger charge is 2.15. The van der Waals surface area contributed by atoms with Crippen molar-refractivity contribution in [1.82, 2.24) is 5.43 Å². The average Bonchev–Trinajstić information content (AvgIpc) is 2.33. The average molecular weight is 286 g/mol. The number of nitrogens with two attached hydrogens (primary N) is 1. The van der Waals surface area contributed by atoms with E-state index in [1.807, 2.05) is 25.1 Å². The Labute approximate surface area is 115 Å². The lowest BCUT2D eigenvalue weighted by Crippen LogP contribution is -2.28. The van der Waals surface area contributed by atoms with Gasteiger partial charge in [-0.25, -0.2) is 8.42 Å². The molecule has 1 rings (SSSR count). The molecule has 0 saturated carbocycles.